The van der Waals surface area contributed by atoms with E-state index in [-0.39, 0.29) is 23.9 Å². The van der Waals surface area contributed by atoms with Gasteiger partial charge in [0.05, 0.1) is 13.2 Å². The number of rotatable bonds is 4. The molecule has 5 heteroatoms. The Morgan fingerprint density at radius 3 is 2.67 bits per heavy atom. The Balaban J connectivity index is 1.89. The topological polar surface area (TPSA) is 50.4 Å². The Bertz CT molecular complexity index is 487. The molecule has 0 radical (unpaired) electrons. The standard InChI is InChI=1S/C16H23FN2O2/c1-11(12-8-9-15(21-2)14(17)10-12)18-16(20)19-13-6-4-3-5-7-13/h8-11,13H,3-7H2,1-2H3,(H2,18,19,20)/t11-/m1/s1. The van der Waals surface area contributed by atoms with Crippen molar-refractivity contribution in [3.8, 4) is 5.75 Å². The number of methoxy groups -OCH3 is 1. The molecule has 2 N–H and O–H groups in total. The second kappa shape index (κ2) is 7.29. The fraction of sp³-hybridized carbons (Fsp3) is 0.562. The molecule has 1 fully saturated rings. The molecule has 0 spiro atoms. The molecule has 0 heterocycles. The van der Waals surface area contributed by atoms with E-state index >= 15 is 0 Å². The van der Waals surface area contributed by atoms with Gasteiger partial charge in [-0.3, -0.25) is 0 Å². The molecular weight excluding hydrogens is 271 g/mol. The van der Waals surface area contributed by atoms with Crippen molar-refractivity contribution in [3.63, 3.8) is 0 Å². The maximum atomic E-state index is 13.7. The van der Waals surface area contributed by atoms with Crippen LogP contribution in [-0.4, -0.2) is 19.2 Å². The Hall–Kier alpha value is -1.78. The number of nitrogens with one attached hydrogen (secondary N) is 2. The first kappa shape index (κ1) is 15.6. The van der Waals surface area contributed by atoms with Gasteiger partial charge in [-0.1, -0.05) is 25.3 Å². The highest BCUT2D eigenvalue weighted by atomic mass is 19.1. The fourth-order valence-electron chi connectivity index (χ4n) is 2.71. The number of carbonyl (C=O) groups is 1. The van der Waals surface area contributed by atoms with Gasteiger partial charge >= 0.3 is 6.03 Å². The molecule has 1 atom stereocenters. The van der Waals surface area contributed by atoms with E-state index in [2.05, 4.69) is 10.6 Å². The molecule has 21 heavy (non-hydrogen) atoms. The van der Waals surface area contributed by atoms with Crippen molar-refractivity contribution in [2.45, 2.75) is 51.1 Å². The van der Waals surface area contributed by atoms with Crippen molar-refractivity contribution in [1.82, 2.24) is 10.6 Å². The summed E-state index contributed by atoms with van der Waals surface area (Å²) in [5, 5.41) is 5.84. The average molecular weight is 294 g/mol. The molecule has 116 valence electrons. The Kier molecular flexibility index (Phi) is 5.42. The van der Waals surface area contributed by atoms with E-state index in [1.54, 1.807) is 12.1 Å². The molecule has 1 aliphatic carbocycles. The van der Waals surface area contributed by atoms with E-state index < -0.39 is 5.82 Å². The minimum Gasteiger partial charge on any atom is -0.494 e. The summed E-state index contributed by atoms with van der Waals surface area (Å²) in [6.45, 7) is 1.84. The van der Waals surface area contributed by atoms with Crippen molar-refractivity contribution in [3.05, 3.63) is 29.6 Å². The van der Waals surface area contributed by atoms with Crippen LogP contribution in [0.3, 0.4) is 0 Å². The molecule has 1 aromatic carbocycles. The smallest absolute Gasteiger partial charge is 0.315 e. The van der Waals surface area contributed by atoms with Crippen molar-refractivity contribution in [2.75, 3.05) is 7.11 Å². The minimum atomic E-state index is -0.420. The molecule has 1 aliphatic rings. The summed E-state index contributed by atoms with van der Waals surface area (Å²) in [6, 6.07) is 4.54. The van der Waals surface area contributed by atoms with Gasteiger partial charge in [-0.15, -0.1) is 0 Å². The van der Waals surface area contributed by atoms with E-state index in [0.29, 0.717) is 5.56 Å². The highest BCUT2D eigenvalue weighted by molar-refractivity contribution is 5.74. The summed E-state index contributed by atoms with van der Waals surface area (Å²) in [4.78, 5) is 12.0. The van der Waals surface area contributed by atoms with Crippen molar-refractivity contribution in [2.24, 2.45) is 0 Å². The first-order chi connectivity index (χ1) is 10.1. The normalized spacial score (nSPS) is 17.1. The second-order valence-electron chi connectivity index (χ2n) is 5.57. The highest BCUT2D eigenvalue weighted by Gasteiger charge is 2.17. The van der Waals surface area contributed by atoms with Crippen LogP contribution in [0.4, 0.5) is 9.18 Å². The van der Waals surface area contributed by atoms with Gasteiger partial charge in [0.1, 0.15) is 0 Å². The molecule has 0 aliphatic heterocycles. The number of halogens is 1. The van der Waals surface area contributed by atoms with Crippen molar-refractivity contribution < 1.29 is 13.9 Å². The summed E-state index contributed by atoms with van der Waals surface area (Å²) in [6.07, 6.45) is 5.67. The van der Waals surface area contributed by atoms with Crippen LogP contribution in [0, 0.1) is 5.82 Å². The van der Waals surface area contributed by atoms with Gasteiger partial charge < -0.3 is 15.4 Å². The van der Waals surface area contributed by atoms with Crippen LogP contribution >= 0.6 is 0 Å². The highest BCUT2D eigenvalue weighted by Crippen LogP contribution is 2.22. The van der Waals surface area contributed by atoms with Crippen LogP contribution in [0.25, 0.3) is 0 Å². The molecular formula is C16H23FN2O2. The number of benzene rings is 1. The second-order valence-corrected chi connectivity index (χ2v) is 5.57. The van der Waals surface area contributed by atoms with Crippen LogP contribution in [0.2, 0.25) is 0 Å². The zero-order valence-corrected chi connectivity index (χ0v) is 12.6. The number of hydrogen-bond acceptors (Lipinski definition) is 2. The molecule has 2 amide bonds. The lowest BCUT2D eigenvalue weighted by atomic mass is 9.96. The molecule has 0 bridgehead atoms. The van der Waals surface area contributed by atoms with Crippen molar-refractivity contribution in [1.29, 1.82) is 0 Å². The first-order valence-electron chi connectivity index (χ1n) is 7.50. The fourth-order valence-corrected chi connectivity index (χ4v) is 2.71. The number of hydrogen-bond donors (Lipinski definition) is 2. The van der Waals surface area contributed by atoms with Crippen molar-refractivity contribution >= 4 is 6.03 Å². The third-order valence-electron chi connectivity index (χ3n) is 3.96. The van der Waals surface area contributed by atoms with Crippen LogP contribution < -0.4 is 15.4 Å². The molecule has 1 saturated carbocycles. The largest absolute Gasteiger partial charge is 0.494 e. The predicted molar refractivity (Wildman–Crippen MR) is 79.9 cm³/mol. The van der Waals surface area contributed by atoms with Gasteiger partial charge in [0, 0.05) is 6.04 Å². The average Bonchev–Trinajstić information content (AvgIpc) is 2.48. The lowest BCUT2D eigenvalue weighted by molar-refractivity contribution is 0.229. The Morgan fingerprint density at radius 1 is 1.33 bits per heavy atom. The summed E-state index contributed by atoms with van der Waals surface area (Å²) < 4.78 is 18.6. The van der Waals surface area contributed by atoms with E-state index in [1.807, 2.05) is 6.92 Å². The molecule has 0 unspecified atom stereocenters. The number of ether oxygens (including phenoxy) is 1. The van der Waals surface area contributed by atoms with Crippen LogP contribution in [0.5, 0.6) is 5.75 Å². The van der Waals surface area contributed by atoms with E-state index in [4.69, 9.17) is 4.74 Å². The SMILES string of the molecule is COc1ccc([C@@H](C)NC(=O)NC2CCCCC2)cc1F. The third kappa shape index (κ3) is 4.34. The number of urea groups is 1. The number of carbonyl (C=O) groups excluding carboxylic acids is 1. The summed E-state index contributed by atoms with van der Waals surface area (Å²) in [5.74, 6) is -0.214. The zero-order chi connectivity index (χ0) is 15.2. The van der Waals surface area contributed by atoms with Gasteiger partial charge in [-0.05, 0) is 37.5 Å². The maximum Gasteiger partial charge on any atom is 0.315 e. The molecule has 1 aromatic rings. The van der Waals surface area contributed by atoms with E-state index in [9.17, 15) is 9.18 Å². The summed E-state index contributed by atoms with van der Waals surface area (Å²) >= 11 is 0. The molecule has 2 rings (SSSR count). The zero-order valence-electron chi connectivity index (χ0n) is 12.6. The Labute approximate surface area is 125 Å². The van der Waals surface area contributed by atoms with E-state index in [1.165, 1.54) is 32.4 Å². The molecule has 0 aromatic heterocycles. The lowest BCUT2D eigenvalue weighted by Crippen LogP contribution is -2.43. The molecule has 4 nitrogen and oxygen atoms in total. The monoisotopic (exact) mass is 294 g/mol. The predicted octanol–water partition coefficient (Wildman–Crippen LogP) is 3.53. The molecule has 0 saturated heterocycles. The Morgan fingerprint density at radius 2 is 2.05 bits per heavy atom. The maximum absolute atomic E-state index is 13.7. The van der Waals surface area contributed by atoms with Gasteiger partial charge in [0.25, 0.3) is 0 Å². The van der Waals surface area contributed by atoms with Crippen LogP contribution in [0.1, 0.15) is 50.6 Å². The summed E-state index contributed by atoms with van der Waals surface area (Å²) in [7, 11) is 1.43. The van der Waals surface area contributed by atoms with Gasteiger partial charge in [0.2, 0.25) is 0 Å². The van der Waals surface area contributed by atoms with Gasteiger partial charge in [0.15, 0.2) is 11.6 Å². The number of amides is 2. The van der Waals surface area contributed by atoms with Crippen LogP contribution in [0.15, 0.2) is 18.2 Å². The first-order valence-corrected chi connectivity index (χ1v) is 7.50. The summed E-state index contributed by atoms with van der Waals surface area (Å²) in [5.41, 5.74) is 0.715. The third-order valence-corrected chi connectivity index (χ3v) is 3.96. The van der Waals surface area contributed by atoms with Gasteiger partial charge in [-0.2, -0.15) is 0 Å². The quantitative estimate of drug-likeness (QED) is 0.892. The van der Waals surface area contributed by atoms with E-state index in [0.717, 1.165) is 12.8 Å². The van der Waals surface area contributed by atoms with Crippen LogP contribution in [-0.2, 0) is 0 Å². The lowest BCUT2D eigenvalue weighted by Gasteiger charge is -2.24. The minimum absolute atomic E-state index is 0.189. The van der Waals surface area contributed by atoms with Gasteiger partial charge in [-0.25, -0.2) is 9.18 Å².